The molecule has 0 unspecified atom stereocenters. The molecule has 6 heteroatoms. The number of nitrogens with zero attached hydrogens (tertiary/aromatic N) is 3. The van der Waals surface area contributed by atoms with E-state index in [0.29, 0.717) is 0 Å². The van der Waals surface area contributed by atoms with Gasteiger partial charge in [0.15, 0.2) is 5.16 Å². The molecule has 0 aromatic carbocycles. The molecule has 1 N–H and O–H groups in total. The summed E-state index contributed by atoms with van der Waals surface area (Å²) in [5.41, 5.74) is 1.81. The van der Waals surface area contributed by atoms with Crippen LogP contribution in [0.4, 0.5) is 0 Å². The highest BCUT2D eigenvalue weighted by Gasteiger charge is 2.06. The molecular weight excluding hydrogens is 264 g/mol. The summed E-state index contributed by atoms with van der Waals surface area (Å²) in [6.45, 7) is 0. The zero-order valence-corrected chi connectivity index (χ0v) is 9.76. The SMILES string of the molecule is CSc1nccc(-c2cn[nH]c2Br)n1. The summed E-state index contributed by atoms with van der Waals surface area (Å²) in [6, 6.07) is 1.86. The first-order valence-corrected chi connectivity index (χ1v) is 5.89. The minimum absolute atomic E-state index is 0.760. The molecule has 0 aliphatic rings. The highest BCUT2D eigenvalue weighted by Crippen LogP contribution is 2.24. The van der Waals surface area contributed by atoms with Crippen LogP contribution in [0.15, 0.2) is 28.2 Å². The van der Waals surface area contributed by atoms with Crippen molar-refractivity contribution in [3.63, 3.8) is 0 Å². The lowest BCUT2D eigenvalue weighted by Gasteiger charge is -1.98. The number of thioether (sulfide) groups is 1. The second-order valence-electron chi connectivity index (χ2n) is 2.53. The highest BCUT2D eigenvalue weighted by molar-refractivity contribution is 9.10. The third-order valence-corrected chi connectivity index (χ3v) is 2.85. The van der Waals surface area contributed by atoms with Crippen molar-refractivity contribution in [1.82, 2.24) is 20.2 Å². The summed E-state index contributed by atoms with van der Waals surface area (Å²) >= 11 is 4.88. The van der Waals surface area contributed by atoms with Gasteiger partial charge in [0.1, 0.15) is 4.60 Å². The fraction of sp³-hybridized carbons (Fsp3) is 0.125. The topological polar surface area (TPSA) is 54.5 Å². The van der Waals surface area contributed by atoms with Crippen LogP contribution in [0.5, 0.6) is 0 Å². The molecule has 0 aliphatic carbocycles. The zero-order chi connectivity index (χ0) is 9.97. The zero-order valence-electron chi connectivity index (χ0n) is 7.36. The first kappa shape index (κ1) is 9.67. The molecule has 4 nitrogen and oxygen atoms in total. The minimum Gasteiger partial charge on any atom is -0.271 e. The molecule has 0 fully saturated rings. The van der Waals surface area contributed by atoms with Crippen molar-refractivity contribution in [2.75, 3.05) is 6.26 Å². The molecule has 0 saturated heterocycles. The summed E-state index contributed by atoms with van der Waals surface area (Å²) in [4.78, 5) is 8.46. The number of aromatic nitrogens is 4. The van der Waals surface area contributed by atoms with E-state index in [1.165, 1.54) is 11.8 Å². The fourth-order valence-corrected chi connectivity index (χ4v) is 1.80. The van der Waals surface area contributed by atoms with Crippen LogP contribution >= 0.6 is 27.7 Å². The maximum Gasteiger partial charge on any atom is 0.187 e. The van der Waals surface area contributed by atoms with Gasteiger partial charge in [-0.3, -0.25) is 5.10 Å². The molecule has 2 aromatic heterocycles. The van der Waals surface area contributed by atoms with Gasteiger partial charge in [0.05, 0.1) is 17.5 Å². The van der Waals surface area contributed by atoms with Gasteiger partial charge in [-0.2, -0.15) is 5.10 Å². The molecule has 2 rings (SSSR count). The van der Waals surface area contributed by atoms with Gasteiger partial charge in [-0.05, 0) is 28.3 Å². The van der Waals surface area contributed by atoms with Gasteiger partial charge in [-0.15, -0.1) is 0 Å². The summed E-state index contributed by atoms with van der Waals surface area (Å²) in [5, 5.41) is 7.48. The van der Waals surface area contributed by atoms with Gasteiger partial charge in [-0.25, -0.2) is 9.97 Å². The number of rotatable bonds is 2. The molecule has 72 valence electrons. The Balaban J connectivity index is 2.47. The lowest BCUT2D eigenvalue weighted by molar-refractivity contribution is 0.976. The molecule has 0 spiro atoms. The number of nitrogens with one attached hydrogen (secondary N) is 1. The number of H-pyrrole nitrogens is 1. The Hall–Kier alpha value is -0.880. The average Bonchev–Trinajstić information content (AvgIpc) is 2.65. The third-order valence-electron chi connectivity index (χ3n) is 1.68. The minimum atomic E-state index is 0.760. The largest absolute Gasteiger partial charge is 0.271 e. The summed E-state index contributed by atoms with van der Waals surface area (Å²) in [5.74, 6) is 0. The molecule has 0 amide bonds. The number of hydrogen-bond acceptors (Lipinski definition) is 4. The Labute approximate surface area is 93.7 Å². The van der Waals surface area contributed by atoms with Gasteiger partial charge in [-0.1, -0.05) is 11.8 Å². The predicted octanol–water partition coefficient (Wildman–Crippen LogP) is 2.35. The molecule has 0 saturated carbocycles. The van der Waals surface area contributed by atoms with E-state index in [0.717, 1.165) is 21.0 Å². The van der Waals surface area contributed by atoms with Gasteiger partial charge < -0.3 is 0 Å². The molecule has 2 aromatic rings. The van der Waals surface area contributed by atoms with Crippen LogP contribution in [-0.2, 0) is 0 Å². The summed E-state index contributed by atoms with van der Waals surface area (Å²) in [6.07, 6.45) is 5.42. The van der Waals surface area contributed by atoms with Crippen LogP contribution in [0, 0.1) is 0 Å². The van der Waals surface area contributed by atoms with Crippen molar-refractivity contribution in [1.29, 1.82) is 0 Å². The number of halogens is 1. The van der Waals surface area contributed by atoms with E-state index in [2.05, 4.69) is 36.1 Å². The Kier molecular flexibility index (Phi) is 2.83. The Morgan fingerprint density at radius 2 is 2.36 bits per heavy atom. The second kappa shape index (κ2) is 4.10. The van der Waals surface area contributed by atoms with Crippen molar-refractivity contribution < 1.29 is 0 Å². The molecule has 14 heavy (non-hydrogen) atoms. The van der Waals surface area contributed by atoms with Crippen molar-refractivity contribution in [2.24, 2.45) is 0 Å². The molecule has 0 bridgehead atoms. The van der Waals surface area contributed by atoms with Gasteiger partial charge in [0.25, 0.3) is 0 Å². The van der Waals surface area contributed by atoms with Crippen LogP contribution < -0.4 is 0 Å². The Morgan fingerprint density at radius 1 is 1.50 bits per heavy atom. The maximum atomic E-state index is 4.36. The van der Waals surface area contributed by atoms with E-state index in [1.54, 1.807) is 12.4 Å². The van der Waals surface area contributed by atoms with Crippen LogP contribution in [-0.4, -0.2) is 26.4 Å². The summed E-state index contributed by atoms with van der Waals surface area (Å²) < 4.78 is 0.836. The second-order valence-corrected chi connectivity index (χ2v) is 4.09. The van der Waals surface area contributed by atoms with Gasteiger partial charge in [0, 0.05) is 6.20 Å². The van der Waals surface area contributed by atoms with E-state index in [1.807, 2.05) is 12.3 Å². The lowest BCUT2D eigenvalue weighted by Crippen LogP contribution is -1.88. The van der Waals surface area contributed by atoms with E-state index < -0.39 is 0 Å². The Morgan fingerprint density at radius 3 is 3.00 bits per heavy atom. The standard InChI is InChI=1S/C8H7BrN4S/c1-14-8-10-3-2-6(12-8)5-4-11-13-7(5)9/h2-4H,1H3,(H,11,13). The van der Waals surface area contributed by atoms with Crippen molar-refractivity contribution >= 4 is 27.7 Å². The average molecular weight is 271 g/mol. The third kappa shape index (κ3) is 1.80. The number of aromatic amines is 1. The highest BCUT2D eigenvalue weighted by atomic mass is 79.9. The molecule has 2 heterocycles. The smallest absolute Gasteiger partial charge is 0.187 e. The van der Waals surface area contributed by atoms with E-state index in [4.69, 9.17) is 0 Å². The normalized spacial score (nSPS) is 10.4. The predicted molar refractivity (Wildman–Crippen MR) is 59.1 cm³/mol. The van der Waals surface area contributed by atoms with Gasteiger partial charge >= 0.3 is 0 Å². The van der Waals surface area contributed by atoms with Crippen LogP contribution in [0.2, 0.25) is 0 Å². The van der Waals surface area contributed by atoms with Crippen molar-refractivity contribution in [3.05, 3.63) is 23.1 Å². The monoisotopic (exact) mass is 270 g/mol. The number of hydrogen-bond donors (Lipinski definition) is 1. The van der Waals surface area contributed by atoms with Gasteiger partial charge in [0.2, 0.25) is 0 Å². The summed E-state index contributed by atoms with van der Waals surface area (Å²) in [7, 11) is 0. The first-order valence-electron chi connectivity index (χ1n) is 3.87. The molecule has 0 aliphatic heterocycles. The van der Waals surface area contributed by atoms with Crippen LogP contribution in [0.25, 0.3) is 11.3 Å². The van der Waals surface area contributed by atoms with Crippen LogP contribution in [0.3, 0.4) is 0 Å². The van der Waals surface area contributed by atoms with E-state index in [9.17, 15) is 0 Å². The maximum absolute atomic E-state index is 4.36. The lowest BCUT2D eigenvalue weighted by atomic mass is 10.2. The van der Waals surface area contributed by atoms with E-state index >= 15 is 0 Å². The van der Waals surface area contributed by atoms with Crippen molar-refractivity contribution in [3.8, 4) is 11.3 Å². The molecular formula is C8H7BrN4S. The quantitative estimate of drug-likeness (QED) is 0.673. The first-order chi connectivity index (χ1) is 6.81. The molecule has 0 radical (unpaired) electrons. The molecule has 0 atom stereocenters. The van der Waals surface area contributed by atoms with Crippen molar-refractivity contribution in [2.45, 2.75) is 5.16 Å². The van der Waals surface area contributed by atoms with Crippen LogP contribution in [0.1, 0.15) is 0 Å². The fourth-order valence-electron chi connectivity index (χ4n) is 1.04. The van der Waals surface area contributed by atoms with E-state index in [-0.39, 0.29) is 0 Å². The Bertz CT molecular complexity index is 442.